The van der Waals surface area contributed by atoms with Gasteiger partial charge in [-0.2, -0.15) is 0 Å². The number of carbonyl (C=O) groups is 1. The Morgan fingerprint density at radius 2 is 1.71 bits per heavy atom. The molecule has 0 bridgehead atoms. The van der Waals surface area contributed by atoms with Gasteiger partial charge in [-0.1, -0.05) is 60.5 Å². The number of anilines is 1. The lowest BCUT2D eigenvalue weighted by Gasteiger charge is -2.33. The highest BCUT2D eigenvalue weighted by atomic mass is 35.5. The van der Waals surface area contributed by atoms with Crippen LogP contribution in [0.2, 0.25) is 10.0 Å². The maximum atomic E-state index is 13.5. The van der Waals surface area contributed by atoms with E-state index in [4.69, 9.17) is 27.6 Å². The summed E-state index contributed by atoms with van der Waals surface area (Å²) >= 11 is 12.2. The van der Waals surface area contributed by atoms with E-state index in [9.17, 15) is 9.90 Å². The summed E-state index contributed by atoms with van der Waals surface area (Å²) in [5.74, 6) is 0.0530. The molecule has 1 N–H and O–H groups in total. The summed E-state index contributed by atoms with van der Waals surface area (Å²) in [7, 11) is 0. The van der Waals surface area contributed by atoms with Crippen molar-refractivity contribution in [3.05, 3.63) is 88.3 Å². The molecule has 1 saturated carbocycles. The van der Waals surface area contributed by atoms with Gasteiger partial charge in [-0.3, -0.25) is 9.69 Å². The number of aliphatic hydroxyl groups excluding tert-OH is 1. The van der Waals surface area contributed by atoms with E-state index in [0.29, 0.717) is 21.5 Å². The highest BCUT2D eigenvalue weighted by Gasteiger charge is 2.87. The van der Waals surface area contributed by atoms with Crippen LogP contribution in [0.3, 0.4) is 0 Å². The summed E-state index contributed by atoms with van der Waals surface area (Å²) in [5, 5.41) is 12.2. The number of hydrogen-bond donors (Lipinski definition) is 1. The van der Waals surface area contributed by atoms with Crippen LogP contribution < -0.4 is 4.90 Å². The minimum Gasteiger partial charge on any atom is -0.468 e. The highest BCUT2D eigenvalue weighted by molar-refractivity contribution is 6.35. The molecule has 0 spiro atoms. The third-order valence-electron chi connectivity index (χ3n) is 6.33. The Hall–Kier alpha value is -2.27. The van der Waals surface area contributed by atoms with E-state index in [-0.39, 0.29) is 5.91 Å². The average Bonchev–Trinajstić information content (AvgIpc) is 2.96. The maximum Gasteiger partial charge on any atom is 0.234 e. The van der Waals surface area contributed by atoms with Crippen molar-refractivity contribution in [3.8, 4) is 0 Å². The minimum absolute atomic E-state index is 0.173. The van der Waals surface area contributed by atoms with E-state index in [2.05, 4.69) is 0 Å². The molecule has 6 heteroatoms. The molecule has 4 atom stereocenters. The molecule has 28 heavy (non-hydrogen) atoms. The number of furan rings is 1. The molecule has 0 radical (unpaired) electrons. The number of fused-ring (bicyclic) bond motifs is 1. The number of piperidine rings is 1. The van der Waals surface area contributed by atoms with Crippen molar-refractivity contribution >= 4 is 34.8 Å². The van der Waals surface area contributed by atoms with E-state index in [1.807, 2.05) is 49.4 Å². The van der Waals surface area contributed by atoms with Gasteiger partial charge in [0.15, 0.2) is 0 Å². The number of nitrogens with zero attached hydrogens (tertiary/aromatic N) is 1. The minimum atomic E-state index is -1.05. The van der Waals surface area contributed by atoms with E-state index in [1.54, 1.807) is 24.5 Å². The largest absolute Gasteiger partial charge is 0.468 e. The molecule has 4 nitrogen and oxygen atoms in total. The molecule has 1 aliphatic heterocycles. The molecule has 1 amide bonds. The lowest BCUT2D eigenvalue weighted by molar-refractivity contribution is -0.120. The van der Waals surface area contributed by atoms with Crippen LogP contribution >= 0.6 is 23.2 Å². The number of rotatable bonds is 3. The van der Waals surface area contributed by atoms with Crippen molar-refractivity contribution < 1.29 is 14.3 Å². The van der Waals surface area contributed by atoms with Crippen LogP contribution in [-0.2, 0) is 10.2 Å². The van der Waals surface area contributed by atoms with Crippen LogP contribution in [0.1, 0.15) is 18.2 Å². The zero-order valence-corrected chi connectivity index (χ0v) is 16.5. The SMILES string of the molecule is C[C@]12C(O)N(c3cc(Cl)cc(Cl)c3)C(=O)[C@H]1[C@]2(c1ccccc1)c1ccco1. The van der Waals surface area contributed by atoms with Crippen molar-refractivity contribution in [2.45, 2.75) is 18.6 Å². The molecule has 2 aliphatic rings. The van der Waals surface area contributed by atoms with Gasteiger partial charge in [0.05, 0.1) is 17.6 Å². The van der Waals surface area contributed by atoms with Gasteiger partial charge in [0.1, 0.15) is 12.0 Å². The quantitative estimate of drug-likeness (QED) is 0.665. The van der Waals surface area contributed by atoms with Crippen molar-refractivity contribution in [1.82, 2.24) is 0 Å². The first-order chi connectivity index (χ1) is 13.4. The molecule has 3 aromatic rings. The summed E-state index contributed by atoms with van der Waals surface area (Å²) < 4.78 is 5.77. The number of carbonyl (C=O) groups excluding carboxylic acids is 1. The van der Waals surface area contributed by atoms with Gasteiger partial charge in [0.2, 0.25) is 5.91 Å². The first-order valence-electron chi connectivity index (χ1n) is 8.99. The van der Waals surface area contributed by atoms with E-state index in [1.165, 1.54) is 4.90 Å². The molecular weight excluding hydrogens is 397 g/mol. The van der Waals surface area contributed by atoms with Gasteiger partial charge < -0.3 is 9.52 Å². The van der Waals surface area contributed by atoms with Crippen LogP contribution in [0.15, 0.2) is 71.3 Å². The van der Waals surface area contributed by atoms with Gasteiger partial charge >= 0.3 is 0 Å². The zero-order chi connectivity index (χ0) is 19.7. The van der Waals surface area contributed by atoms with Crippen molar-refractivity contribution in [2.75, 3.05) is 4.90 Å². The van der Waals surface area contributed by atoms with Crippen LogP contribution in [0.25, 0.3) is 0 Å². The third kappa shape index (κ3) is 2.03. The first kappa shape index (κ1) is 17.8. The molecule has 2 fully saturated rings. The third-order valence-corrected chi connectivity index (χ3v) is 6.77. The van der Waals surface area contributed by atoms with E-state index < -0.39 is 23.0 Å². The summed E-state index contributed by atoms with van der Waals surface area (Å²) in [4.78, 5) is 14.9. The molecule has 1 saturated heterocycles. The van der Waals surface area contributed by atoms with Crippen LogP contribution in [-0.4, -0.2) is 17.2 Å². The fourth-order valence-corrected chi connectivity index (χ4v) is 5.66. The molecule has 1 aliphatic carbocycles. The van der Waals surface area contributed by atoms with Gasteiger partial charge in [0, 0.05) is 21.1 Å². The Morgan fingerprint density at radius 1 is 1.04 bits per heavy atom. The van der Waals surface area contributed by atoms with Crippen LogP contribution in [0, 0.1) is 11.3 Å². The van der Waals surface area contributed by atoms with Crippen molar-refractivity contribution in [1.29, 1.82) is 0 Å². The van der Waals surface area contributed by atoms with Crippen LogP contribution in [0.4, 0.5) is 5.69 Å². The van der Waals surface area contributed by atoms with Gasteiger partial charge in [-0.25, -0.2) is 0 Å². The fraction of sp³-hybridized carbons (Fsp3) is 0.227. The Bertz CT molecular complexity index is 1050. The molecule has 5 rings (SSSR count). The normalized spacial score (nSPS) is 31.1. The topological polar surface area (TPSA) is 53.7 Å². The standard InChI is InChI=1S/C22H17Cl2NO3/c1-21-18(19(26)25(20(21)27)16-11-14(23)10-15(24)12-16)22(21,17-8-5-9-28-17)13-6-3-2-4-7-13/h2-12,18,20,27H,1H3/t18-,20?,21-,22+/m1/s1. The lowest BCUT2D eigenvalue weighted by Crippen LogP contribution is -2.45. The van der Waals surface area contributed by atoms with Gasteiger partial charge in [0.25, 0.3) is 0 Å². The molecule has 1 unspecified atom stereocenters. The van der Waals surface area contributed by atoms with Crippen LogP contribution in [0.5, 0.6) is 0 Å². The van der Waals surface area contributed by atoms with Gasteiger partial charge in [-0.05, 0) is 35.9 Å². The second-order valence-corrected chi connectivity index (χ2v) is 8.45. The molecule has 2 aromatic carbocycles. The Labute approximate surface area is 172 Å². The number of benzene rings is 2. The molecule has 142 valence electrons. The zero-order valence-electron chi connectivity index (χ0n) is 15.0. The molecule has 1 aromatic heterocycles. The molecular formula is C22H17Cl2NO3. The highest BCUT2D eigenvalue weighted by Crippen LogP contribution is 2.78. The number of hydrogen-bond acceptors (Lipinski definition) is 3. The molecule has 2 heterocycles. The van der Waals surface area contributed by atoms with Crippen molar-refractivity contribution in [2.24, 2.45) is 11.3 Å². The summed E-state index contributed by atoms with van der Waals surface area (Å²) in [5.41, 5.74) is -0.0240. The Kier molecular flexibility index (Phi) is 3.73. The second kappa shape index (κ2) is 5.86. The van der Waals surface area contributed by atoms with Crippen molar-refractivity contribution in [3.63, 3.8) is 0 Å². The smallest absolute Gasteiger partial charge is 0.234 e. The predicted octanol–water partition coefficient (Wildman–Crippen LogP) is 4.87. The lowest BCUT2D eigenvalue weighted by atomic mass is 9.82. The summed E-state index contributed by atoms with van der Waals surface area (Å²) in [6.07, 6.45) is 0.549. The fourth-order valence-electron chi connectivity index (χ4n) is 5.14. The van der Waals surface area contributed by atoms with E-state index in [0.717, 1.165) is 5.56 Å². The second-order valence-electron chi connectivity index (χ2n) is 7.58. The Morgan fingerprint density at radius 3 is 2.25 bits per heavy atom. The summed E-state index contributed by atoms with van der Waals surface area (Å²) in [6, 6.07) is 18.3. The number of halogens is 2. The average molecular weight is 414 g/mol. The Balaban J connectivity index is 1.66. The monoisotopic (exact) mass is 413 g/mol. The maximum absolute atomic E-state index is 13.5. The predicted molar refractivity (Wildman–Crippen MR) is 107 cm³/mol. The summed E-state index contributed by atoms with van der Waals surface area (Å²) in [6.45, 7) is 1.93. The number of aliphatic hydroxyl groups is 1. The van der Waals surface area contributed by atoms with E-state index >= 15 is 0 Å². The number of amides is 1. The van der Waals surface area contributed by atoms with Gasteiger partial charge in [-0.15, -0.1) is 0 Å². The first-order valence-corrected chi connectivity index (χ1v) is 9.74.